The van der Waals surface area contributed by atoms with Crippen LogP contribution < -0.4 is 15.4 Å². The van der Waals surface area contributed by atoms with Gasteiger partial charge in [-0.15, -0.1) is 11.8 Å². The second-order valence-electron chi connectivity index (χ2n) is 4.62. The minimum absolute atomic E-state index is 0.197. The highest BCUT2D eigenvalue weighted by Gasteiger charge is 2.01. The van der Waals surface area contributed by atoms with Crippen molar-refractivity contribution in [1.82, 2.24) is 15.6 Å². The zero-order valence-corrected chi connectivity index (χ0v) is 14.3. The first kappa shape index (κ1) is 17.4. The summed E-state index contributed by atoms with van der Waals surface area (Å²) in [6.07, 6.45) is 1.68. The molecule has 0 aliphatic heterocycles. The lowest BCUT2D eigenvalue weighted by Gasteiger charge is -2.08. The highest BCUT2D eigenvalue weighted by molar-refractivity contribution is 7.99. The van der Waals surface area contributed by atoms with Crippen LogP contribution >= 0.6 is 23.4 Å². The van der Waals surface area contributed by atoms with Gasteiger partial charge in [0.15, 0.2) is 0 Å². The maximum absolute atomic E-state index is 11.7. The molecule has 2 rings (SSSR count). The van der Waals surface area contributed by atoms with Gasteiger partial charge in [-0.1, -0.05) is 17.7 Å². The van der Waals surface area contributed by atoms with Crippen molar-refractivity contribution < 1.29 is 9.53 Å². The van der Waals surface area contributed by atoms with Gasteiger partial charge in [-0.05, 0) is 29.8 Å². The van der Waals surface area contributed by atoms with Crippen molar-refractivity contribution in [1.29, 1.82) is 0 Å². The van der Waals surface area contributed by atoms with Crippen molar-refractivity contribution in [3.05, 3.63) is 53.2 Å². The number of ether oxygens (including phenoxy) is 1. The van der Waals surface area contributed by atoms with Gasteiger partial charge >= 0.3 is 6.03 Å². The normalized spacial score (nSPS) is 10.2. The van der Waals surface area contributed by atoms with Gasteiger partial charge in [0.2, 0.25) is 5.88 Å². The van der Waals surface area contributed by atoms with E-state index in [1.54, 1.807) is 31.1 Å². The maximum atomic E-state index is 11.7. The van der Waals surface area contributed by atoms with E-state index in [9.17, 15) is 4.79 Å². The number of methoxy groups -OCH3 is 1. The molecule has 2 aromatic rings. The number of amides is 2. The van der Waals surface area contributed by atoms with Crippen LogP contribution in [0.1, 0.15) is 5.56 Å². The van der Waals surface area contributed by atoms with Gasteiger partial charge in [0, 0.05) is 41.0 Å². The number of pyridine rings is 1. The zero-order chi connectivity index (χ0) is 16.5. The highest BCUT2D eigenvalue weighted by Crippen LogP contribution is 2.19. The predicted molar refractivity (Wildman–Crippen MR) is 93.2 cm³/mol. The number of nitrogens with one attached hydrogen (secondary N) is 2. The third kappa shape index (κ3) is 6.38. The average molecular weight is 352 g/mol. The second-order valence-corrected chi connectivity index (χ2v) is 6.23. The third-order valence-electron chi connectivity index (χ3n) is 2.93. The van der Waals surface area contributed by atoms with E-state index in [1.165, 1.54) is 0 Å². The van der Waals surface area contributed by atoms with Crippen LogP contribution in [0.15, 0.2) is 47.5 Å². The number of nitrogens with zero attached hydrogens (tertiary/aromatic N) is 1. The van der Waals surface area contributed by atoms with Crippen LogP contribution in [0.4, 0.5) is 4.79 Å². The molecule has 0 aliphatic carbocycles. The fraction of sp³-hybridized carbons (Fsp3) is 0.250. The molecule has 2 amide bonds. The zero-order valence-electron chi connectivity index (χ0n) is 12.7. The summed E-state index contributed by atoms with van der Waals surface area (Å²) in [5.74, 6) is 1.34. The van der Waals surface area contributed by atoms with Gasteiger partial charge in [0.25, 0.3) is 0 Å². The Morgan fingerprint density at radius 3 is 2.65 bits per heavy atom. The molecular weight excluding hydrogens is 334 g/mol. The fourth-order valence-corrected chi connectivity index (χ4v) is 2.64. The van der Waals surface area contributed by atoms with E-state index in [2.05, 4.69) is 15.6 Å². The van der Waals surface area contributed by atoms with E-state index in [0.29, 0.717) is 19.0 Å². The summed E-state index contributed by atoms with van der Waals surface area (Å²) in [4.78, 5) is 16.9. The molecule has 0 bridgehead atoms. The summed E-state index contributed by atoms with van der Waals surface area (Å²) in [5, 5.41) is 6.32. The van der Waals surface area contributed by atoms with Crippen LogP contribution in [-0.4, -0.2) is 30.4 Å². The van der Waals surface area contributed by atoms with Gasteiger partial charge in [0.1, 0.15) is 0 Å². The molecule has 0 saturated carbocycles. The van der Waals surface area contributed by atoms with Crippen molar-refractivity contribution in [3.63, 3.8) is 0 Å². The van der Waals surface area contributed by atoms with E-state index in [-0.39, 0.29) is 6.03 Å². The molecule has 0 fully saturated rings. The number of aromatic nitrogens is 1. The molecule has 23 heavy (non-hydrogen) atoms. The molecule has 0 atom stereocenters. The fourth-order valence-electron chi connectivity index (χ4n) is 1.75. The monoisotopic (exact) mass is 351 g/mol. The first-order valence-electron chi connectivity index (χ1n) is 7.06. The Morgan fingerprint density at radius 2 is 2.00 bits per heavy atom. The predicted octanol–water partition coefficient (Wildman–Crippen LogP) is 3.34. The largest absolute Gasteiger partial charge is 0.481 e. The summed E-state index contributed by atoms with van der Waals surface area (Å²) in [6, 6.07) is 11.1. The minimum atomic E-state index is -0.197. The van der Waals surface area contributed by atoms with Gasteiger partial charge in [-0.2, -0.15) is 0 Å². The molecule has 122 valence electrons. The van der Waals surface area contributed by atoms with E-state index in [4.69, 9.17) is 16.3 Å². The first-order chi connectivity index (χ1) is 11.2. The lowest BCUT2D eigenvalue weighted by atomic mass is 10.3. The quantitative estimate of drug-likeness (QED) is 0.593. The first-order valence-corrected chi connectivity index (χ1v) is 8.43. The lowest BCUT2D eigenvalue weighted by molar-refractivity contribution is 0.241. The summed E-state index contributed by atoms with van der Waals surface area (Å²) in [5.41, 5.74) is 0.913. The number of carbonyl (C=O) groups excluding carboxylic acids is 1. The molecule has 2 N–H and O–H groups in total. The number of hydrogen-bond donors (Lipinski definition) is 2. The number of carbonyl (C=O) groups is 1. The summed E-state index contributed by atoms with van der Waals surface area (Å²) >= 11 is 7.50. The van der Waals surface area contributed by atoms with Gasteiger partial charge in [-0.3, -0.25) is 0 Å². The molecule has 1 aromatic heterocycles. The van der Waals surface area contributed by atoms with Crippen molar-refractivity contribution in [2.45, 2.75) is 11.4 Å². The van der Waals surface area contributed by atoms with Crippen LogP contribution in [-0.2, 0) is 6.54 Å². The maximum Gasteiger partial charge on any atom is 0.315 e. The number of urea groups is 1. The Kier molecular flexibility index (Phi) is 7.03. The number of halogens is 1. The Morgan fingerprint density at radius 1 is 1.22 bits per heavy atom. The van der Waals surface area contributed by atoms with E-state index in [1.807, 2.05) is 30.3 Å². The van der Waals surface area contributed by atoms with Crippen molar-refractivity contribution in [2.75, 3.05) is 19.4 Å². The highest BCUT2D eigenvalue weighted by atomic mass is 35.5. The van der Waals surface area contributed by atoms with Crippen LogP contribution in [0.2, 0.25) is 5.02 Å². The van der Waals surface area contributed by atoms with Gasteiger partial charge < -0.3 is 15.4 Å². The van der Waals surface area contributed by atoms with Crippen LogP contribution in [0.3, 0.4) is 0 Å². The molecule has 0 aliphatic rings. The molecule has 1 aromatic carbocycles. The lowest BCUT2D eigenvalue weighted by Crippen LogP contribution is -2.36. The molecule has 0 spiro atoms. The molecule has 1 heterocycles. The van der Waals surface area contributed by atoms with Crippen LogP contribution in [0.25, 0.3) is 0 Å². The number of hydrogen-bond acceptors (Lipinski definition) is 4. The Balaban J connectivity index is 1.62. The Labute approximate surface area is 144 Å². The summed E-state index contributed by atoms with van der Waals surface area (Å²) in [7, 11) is 1.57. The molecule has 0 radical (unpaired) electrons. The van der Waals surface area contributed by atoms with E-state index < -0.39 is 0 Å². The third-order valence-corrected chi connectivity index (χ3v) is 4.20. The molecular formula is C16H18ClN3O2S. The SMILES string of the molecule is COc1ccc(CNC(=O)NCCSc2ccc(Cl)cc2)cn1. The molecule has 5 nitrogen and oxygen atoms in total. The smallest absolute Gasteiger partial charge is 0.315 e. The second kappa shape index (κ2) is 9.27. The van der Waals surface area contributed by atoms with Crippen LogP contribution in [0.5, 0.6) is 5.88 Å². The van der Waals surface area contributed by atoms with Crippen LogP contribution in [0, 0.1) is 0 Å². The van der Waals surface area contributed by atoms with Gasteiger partial charge in [-0.25, -0.2) is 9.78 Å². The minimum Gasteiger partial charge on any atom is -0.481 e. The van der Waals surface area contributed by atoms with Crippen molar-refractivity contribution in [2.24, 2.45) is 0 Å². The topological polar surface area (TPSA) is 63.2 Å². The number of thioether (sulfide) groups is 1. The Bertz CT molecular complexity index is 620. The van der Waals surface area contributed by atoms with E-state index >= 15 is 0 Å². The molecule has 0 unspecified atom stereocenters. The van der Waals surface area contributed by atoms with Crippen molar-refractivity contribution in [3.8, 4) is 5.88 Å². The molecule has 7 heteroatoms. The average Bonchev–Trinajstić information content (AvgIpc) is 2.59. The summed E-state index contributed by atoms with van der Waals surface area (Å²) in [6.45, 7) is 1.01. The van der Waals surface area contributed by atoms with Crippen molar-refractivity contribution >= 4 is 29.4 Å². The Hall–Kier alpha value is -1.92. The molecule has 0 saturated heterocycles. The number of rotatable bonds is 7. The standard InChI is InChI=1S/C16H18ClN3O2S/c1-22-15-7-2-12(10-19-15)11-20-16(21)18-8-9-23-14-5-3-13(17)4-6-14/h2-7,10H,8-9,11H2,1H3,(H2,18,20,21). The van der Waals surface area contributed by atoms with E-state index in [0.717, 1.165) is 21.2 Å². The van der Waals surface area contributed by atoms with Gasteiger partial charge in [0.05, 0.1) is 7.11 Å². The summed E-state index contributed by atoms with van der Waals surface area (Å²) < 4.78 is 4.98. The number of benzene rings is 1.